The van der Waals surface area contributed by atoms with Crippen LogP contribution in [0, 0.1) is 0 Å². The molecule has 4 heteroatoms. The lowest BCUT2D eigenvalue weighted by Gasteiger charge is -2.11. The number of hydrogen-bond donors (Lipinski definition) is 2. The van der Waals surface area contributed by atoms with Crippen LogP contribution in [0.2, 0.25) is 0 Å². The Morgan fingerprint density at radius 3 is 2.52 bits per heavy atom. The molecule has 0 saturated heterocycles. The van der Waals surface area contributed by atoms with Gasteiger partial charge in [0.15, 0.2) is 0 Å². The molecule has 2 aromatic carbocycles. The van der Waals surface area contributed by atoms with Crippen molar-refractivity contribution in [1.82, 2.24) is 5.32 Å². The summed E-state index contributed by atoms with van der Waals surface area (Å²) >= 11 is 0. The van der Waals surface area contributed by atoms with E-state index >= 15 is 0 Å². The van der Waals surface area contributed by atoms with E-state index < -0.39 is 0 Å². The second kappa shape index (κ2) is 8.07. The average Bonchev–Trinajstić information content (AvgIpc) is 2.50. The molecule has 0 aliphatic carbocycles. The molecule has 2 aromatic rings. The summed E-state index contributed by atoms with van der Waals surface area (Å²) in [5.74, 6) is 0.732. The molecule has 0 radical (unpaired) electrons. The first-order valence-corrected chi connectivity index (χ1v) is 7.00. The molecule has 2 rings (SSSR count). The number of carbonyl (C=O) groups is 1. The largest absolute Gasteiger partial charge is 0.493 e. The van der Waals surface area contributed by atoms with Crippen LogP contribution >= 0.6 is 0 Å². The summed E-state index contributed by atoms with van der Waals surface area (Å²) in [6.45, 7) is 1.08. The van der Waals surface area contributed by atoms with Crippen molar-refractivity contribution in [3.05, 3.63) is 60.2 Å². The van der Waals surface area contributed by atoms with Crippen LogP contribution in [0.25, 0.3) is 0 Å². The number of hydrogen-bond acceptors (Lipinski definition) is 3. The third kappa shape index (κ3) is 4.93. The van der Waals surface area contributed by atoms with Crippen molar-refractivity contribution in [2.75, 3.05) is 19.0 Å². The van der Waals surface area contributed by atoms with Crippen LogP contribution in [-0.4, -0.2) is 19.6 Å². The lowest BCUT2D eigenvalue weighted by Crippen LogP contribution is -2.17. The van der Waals surface area contributed by atoms with Gasteiger partial charge in [-0.3, -0.25) is 4.79 Å². The molecule has 0 unspecified atom stereocenters. The third-order valence-corrected chi connectivity index (χ3v) is 3.00. The van der Waals surface area contributed by atoms with Crippen molar-refractivity contribution in [3.63, 3.8) is 0 Å². The minimum absolute atomic E-state index is 0.0468. The Labute approximate surface area is 125 Å². The molecule has 0 heterocycles. The Morgan fingerprint density at radius 1 is 1.05 bits per heavy atom. The molecule has 110 valence electrons. The first-order valence-electron chi connectivity index (χ1n) is 7.00. The van der Waals surface area contributed by atoms with Crippen molar-refractivity contribution in [3.8, 4) is 5.75 Å². The predicted octanol–water partition coefficient (Wildman–Crippen LogP) is 2.81. The average molecular weight is 284 g/mol. The van der Waals surface area contributed by atoms with E-state index in [1.807, 2.05) is 61.6 Å². The Morgan fingerprint density at radius 2 is 1.76 bits per heavy atom. The number of anilines is 1. The molecule has 2 N–H and O–H groups in total. The highest BCUT2D eigenvalue weighted by Gasteiger charge is 2.06. The van der Waals surface area contributed by atoms with Crippen molar-refractivity contribution < 1.29 is 9.53 Å². The Balaban J connectivity index is 1.82. The van der Waals surface area contributed by atoms with Gasteiger partial charge in [0.05, 0.1) is 13.0 Å². The van der Waals surface area contributed by atoms with Gasteiger partial charge in [0, 0.05) is 12.2 Å². The number of amides is 1. The Hall–Kier alpha value is -2.33. The van der Waals surface area contributed by atoms with Gasteiger partial charge in [-0.1, -0.05) is 36.4 Å². The normalized spacial score (nSPS) is 10.1. The maximum Gasteiger partial charge on any atom is 0.227 e. The minimum Gasteiger partial charge on any atom is -0.493 e. The van der Waals surface area contributed by atoms with E-state index in [4.69, 9.17) is 4.74 Å². The summed E-state index contributed by atoms with van der Waals surface area (Å²) in [6.07, 6.45) is 0.322. The molecule has 0 fully saturated rings. The number of benzene rings is 2. The summed E-state index contributed by atoms with van der Waals surface area (Å²) in [7, 11) is 1.88. The fourth-order valence-corrected chi connectivity index (χ4v) is 1.98. The highest BCUT2D eigenvalue weighted by molar-refractivity contribution is 5.91. The van der Waals surface area contributed by atoms with Crippen molar-refractivity contribution in [2.45, 2.75) is 13.0 Å². The fourth-order valence-electron chi connectivity index (χ4n) is 1.98. The SMILES string of the molecule is CNCc1ccccc1NC(=O)CCOc1ccccc1. The van der Waals surface area contributed by atoms with Gasteiger partial charge in [0.1, 0.15) is 5.75 Å². The second-order valence-corrected chi connectivity index (χ2v) is 4.65. The molecule has 0 bridgehead atoms. The van der Waals surface area contributed by atoms with Crippen LogP contribution in [0.1, 0.15) is 12.0 Å². The molecule has 0 aliphatic rings. The van der Waals surface area contributed by atoms with Gasteiger partial charge in [-0.25, -0.2) is 0 Å². The molecule has 0 spiro atoms. The van der Waals surface area contributed by atoms with Gasteiger partial charge >= 0.3 is 0 Å². The van der Waals surface area contributed by atoms with E-state index in [9.17, 15) is 4.79 Å². The van der Waals surface area contributed by atoms with E-state index in [1.165, 1.54) is 0 Å². The topological polar surface area (TPSA) is 50.4 Å². The molecule has 1 amide bonds. The molecule has 0 aromatic heterocycles. The maximum absolute atomic E-state index is 11.9. The zero-order valence-electron chi connectivity index (χ0n) is 12.1. The molecular weight excluding hydrogens is 264 g/mol. The van der Waals surface area contributed by atoms with Crippen molar-refractivity contribution in [1.29, 1.82) is 0 Å². The summed E-state index contributed by atoms with van der Waals surface area (Å²) < 4.78 is 5.52. The molecule has 0 saturated carbocycles. The number of nitrogens with one attached hydrogen (secondary N) is 2. The maximum atomic E-state index is 11.9. The summed E-state index contributed by atoms with van der Waals surface area (Å²) in [4.78, 5) is 11.9. The van der Waals surface area contributed by atoms with Crippen LogP contribution in [0.5, 0.6) is 5.75 Å². The number of ether oxygens (including phenoxy) is 1. The number of para-hydroxylation sites is 2. The third-order valence-electron chi connectivity index (χ3n) is 3.00. The zero-order chi connectivity index (χ0) is 14.9. The highest BCUT2D eigenvalue weighted by atomic mass is 16.5. The van der Waals surface area contributed by atoms with Crippen LogP contribution < -0.4 is 15.4 Å². The molecule has 4 nitrogen and oxygen atoms in total. The minimum atomic E-state index is -0.0468. The van der Waals surface area contributed by atoms with E-state index in [2.05, 4.69) is 10.6 Å². The first-order chi connectivity index (χ1) is 10.3. The van der Waals surface area contributed by atoms with E-state index in [0.29, 0.717) is 13.0 Å². The van der Waals surface area contributed by atoms with Crippen LogP contribution in [0.4, 0.5) is 5.69 Å². The van der Waals surface area contributed by atoms with Gasteiger partial charge in [-0.2, -0.15) is 0 Å². The van der Waals surface area contributed by atoms with Crippen LogP contribution in [0.3, 0.4) is 0 Å². The van der Waals surface area contributed by atoms with E-state index in [-0.39, 0.29) is 5.91 Å². The quantitative estimate of drug-likeness (QED) is 0.822. The van der Waals surface area contributed by atoms with Gasteiger partial charge in [-0.05, 0) is 30.8 Å². The zero-order valence-corrected chi connectivity index (χ0v) is 12.1. The van der Waals surface area contributed by atoms with Gasteiger partial charge in [0.2, 0.25) is 5.91 Å². The van der Waals surface area contributed by atoms with Crippen molar-refractivity contribution >= 4 is 11.6 Å². The lowest BCUT2D eigenvalue weighted by atomic mass is 10.1. The van der Waals surface area contributed by atoms with E-state index in [1.54, 1.807) is 0 Å². The molecule has 0 aliphatic heterocycles. The lowest BCUT2D eigenvalue weighted by molar-refractivity contribution is -0.116. The second-order valence-electron chi connectivity index (χ2n) is 4.65. The van der Waals surface area contributed by atoms with Gasteiger partial charge < -0.3 is 15.4 Å². The van der Waals surface area contributed by atoms with Gasteiger partial charge in [-0.15, -0.1) is 0 Å². The molecular formula is C17H20N2O2. The fraction of sp³-hybridized carbons (Fsp3) is 0.235. The Kier molecular flexibility index (Phi) is 5.79. The summed E-state index contributed by atoms with van der Waals surface area (Å²) in [5.41, 5.74) is 1.91. The number of carbonyl (C=O) groups excluding carboxylic acids is 1. The summed E-state index contributed by atoms with van der Waals surface area (Å²) in [6, 6.07) is 17.3. The van der Waals surface area contributed by atoms with Gasteiger partial charge in [0.25, 0.3) is 0 Å². The van der Waals surface area contributed by atoms with Crippen LogP contribution in [0.15, 0.2) is 54.6 Å². The molecule has 21 heavy (non-hydrogen) atoms. The van der Waals surface area contributed by atoms with Crippen molar-refractivity contribution in [2.24, 2.45) is 0 Å². The highest BCUT2D eigenvalue weighted by Crippen LogP contribution is 2.15. The Bertz CT molecular complexity index is 570. The predicted molar refractivity (Wildman–Crippen MR) is 84.4 cm³/mol. The first kappa shape index (κ1) is 15.1. The monoisotopic (exact) mass is 284 g/mol. The van der Waals surface area contributed by atoms with E-state index in [0.717, 1.165) is 23.5 Å². The standard InChI is InChI=1S/C17H20N2O2/c1-18-13-14-7-5-6-10-16(14)19-17(20)11-12-21-15-8-3-2-4-9-15/h2-10,18H,11-13H2,1H3,(H,19,20). The smallest absolute Gasteiger partial charge is 0.227 e. The molecule has 0 atom stereocenters. The van der Waals surface area contributed by atoms with Crippen LogP contribution in [-0.2, 0) is 11.3 Å². The number of rotatable bonds is 7. The summed E-state index contributed by atoms with van der Waals surface area (Å²) in [5, 5.41) is 6.01.